The third kappa shape index (κ3) is 5.57. The molecule has 1 heterocycles. The second-order valence-electron chi connectivity index (χ2n) is 6.39. The fourth-order valence-corrected chi connectivity index (χ4v) is 2.65. The summed E-state index contributed by atoms with van der Waals surface area (Å²) in [5, 5.41) is 32.0. The van der Waals surface area contributed by atoms with Gasteiger partial charge in [0.1, 0.15) is 24.9 Å². The maximum absolute atomic E-state index is 11.1. The quantitative estimate of drug-likeness (QED) is 0.316. The summed E-state index contributed by atoms with van der Waals surface area (Å²) >= 11 is 0. The highest BCUT2D eigenvalue weighted by Crippen LogP contribution is 2.32. The Balaban J connectivity index is 2.26. The molecule has 0 saturated heterocycles. The molecule has 0 radical (unpaired) electrons. The monoisotopic (exact) mass is 381 g/mol. The van der Waals surface area contributed by atoms with Crippen molar-refractivity contribution in [1.82, 2.24) is 0 Å². The van der Waals surface area contributed by atoms with E-state index in [1.165, 1.54) is 37.3 Å². The number of carbonyl (C=O) groups is 1. The third-order valence-corrected chi connectivity index (χ3v) is 3.92. The molecule has 0 fully saturated rings. The number of hydrogen-bond acceptors (Lipinski definition) is 8. The lowest BCUT2D eigenvalue weighted by Crippen LogP contribution is -2.44. The van der Waals surface area contributed by atoms with Crippen LogP contribution in [0.4, 0.5) is 5.69 Å². The molecule has 1 aliphatic heterocycles. The molecule has 0 aromatic heterocycles. The number of aliphatic hydroxyl groups is 2. The molecule has 1 aliphatic rings. The lowest BCUT2D eigenvalue weighted by Gasteiger charge is -2.35. The number of esters is 1. The Morgan fingerprint density at radius 2 is 1.96 bits per heavy atom. The Labute approximate surface area is 156 Å². The summed E-state index contributed by atoms with van der Waals surface area (Å²) in [6.45, 7) is 4.63. The van der Waals surface area contributed by atoms with E-state index in [1.54, 1.807) is 13.8 Å². The molecule has 27 heavy (non-hydrogen) atoms. The number of carbonyl (C=O) groups excluding carboxylic acids is 1. The van der Waals surface area contributed by atoms with Crippen molar-refractivity contribution in [3.63, 3.8) is 0 Å². The molecule has 1 aromatic carbocycles. The molecule has 9 nitrogen and oxygen atoms in total. The standard InChI is InChI=1S/C18H23NO8/c1-10(2)26-16-8-14(18(22)15(27-16)9-25-11(3)20)17(21)12-4-6-13(7-5-12)19(23)24/h4-8,10,15-18,21-22H,9H2,1-3H3/t15-,16+,17-,18+/m1/s1. The molecule has 4 atom stereocenters. The average Bonchev–Trinajstić information content (AvgIpc) is 2.60. The minimum absolute atomic E-state index is 0.110. The van der Waals surface area contributed by atoms with Crippen molar-refractivity contribution in [3.8, 4) is 0 Å². The zero-order chi connectivity index (χ0) is 20.1. The number of non-ortho nitro benzene ring substituents is 1. The van der Waals surface area contributed by atoms with Crippen molar-refractivity contribution in [1.29, 1.82) is 0 Å². The van der Waals surface area contributed by atoms with Crippen molar-refractivity contribution in [2.24, 2.45) is 0 Å². The molecule has 2 N–H and O–H groups in total. The maximum atomic E-state index is 11.1. The van der Waals surface area contributed by atoms with Crippen LogP contribution < -0.4 is 0 Å². The van der Waals surface area contributed by atoms with Gasteiger partial charge in [0.15, 0.2) is 6.29 Å². The highest BCUT2D eigenvalue weighted by molar-refractivity contribution is 5.65. The van der Waals surface area contributed by atoms with Crippen LogP contribution >= 0.6 is 0 Å². The minimum atomic E-state index is -1.25. The highest BCUT2D eigenvalue weighted by Gasteiger charge is 2.36. The summed E-state index contributed by atoms with van der Waals surface area (Å²) in [4.78, 5) is 21.3. The number of nitro benzene ring substituents is 1. The van der Waals surface area contributed by atoms with Crippen LogP contribution in [0.1, 0.15) is 32.4 Å². The molecule has 0 amide bonds. The number of nitrogens with zero attached hydrogens (tertiary/aromatic N) is 1. The molecular weight excluding hydrogens is 358 g/mol. The van der Waals surface area contributed by atoms with Crippen LogP contribution in [0.25, 0.3) is 0 Å². The molecule has 9 heteroatoms. The lowest BCUT2D eigenvalue weighted by atomic mass is 9.92. The van der Waals surface area contributed by atoms with Crippen LogP contribution in [0.5, 0.6) is 0 Å². The maximum Gasteiger partial charge on any atom is 0.302 e. The van der Waals surface area contributed by atoms with E-state index in [9.17, 15) is 25.1 Å². The van der Waals surface area contributed by atoms with Gasteiger partial charge in [-0.3, -0.25) is 14.9 Å². The van der Waals surface area contributed by atoms with Gasteiger partial charge in [-0.1, -0.05) is 0 Å². The fourth-order valence-electron chi connectivity index (χ4n) is 2.65. The van der Waals surface area contributed by atoms with E-state index in [-0.39, 0.29) is 24.0 Å². The first kappa shape index (κ1) is 21.0. The topological polar surface area (TPSA) is 128 Å². The Morgan fingerprint density at radius 3 is 2.48 bits per heavy atom. The number of ether oxygens (including phenoxy) is 3. The van der Waals surface area contributed by atoms with Gasteiger partial charge in [-0.05, 0) is 43.2 Å². The van der Waals surface area contributed by atoms with Crippen molar-refractivity contribution in [2.75, 3.05) is 6.61 Å². The first-order valence-electron chi connectivity index (χ1n) is 8.45. The van der Waals surface area contributed by atoms with Crippen LogP contribution in [-0.2, 0) is 19.0 Å². The summed E-state index contributed by atoms with van der Waals surface area (Å²) in [7, 11) is 0. The van der Waals surface area contributed by atoms with E-state index in [1.807, 2.05) is 0 Å². The van der Waals surface area contributed by atoms with Gasteiger partial charge in [-0.25, -0.2) is 0 Å². The summed E-state index contributed by atoms with van der Waals surface area (Å²) in [5.41, 5.74) is 0.460. The Hall–Kier alpha value is -2.33. The van der Waals surface area contributed by atoms with Crippen molar-refractivity contribution in [3.05, 3.63) is 51.6 Å². The second-order valence-corrected chi connectivity index (χ2v) is 6.39. The van der Waals surface area contributed by atoms with Crippen molar-refractivity contribution < 1.29 is 34.1 Å². The van der Waals surface area contributed by atoms with Crippen LogP contribution in [0.2, 0.25) is 0 Å². The third-order valence-electron chi connectivity index (χ3n) is 3.92. The first-order valence-corrected chi connectivity index (χ1v) is 8.45. The van der Waals surface area contributed by atoms with Crippen LogP contribution in [0.3, 0.4) is 0 Å². The van der Waals surface area contributed by atoms with Crippen LogP contribution in [-0.4, -0.2) is 52.3 Å². The molecule has 0 unspecified atom stereocenters. The van der Waals surface area contributed by atoms with Gasteiger partial charge in [0, 0.05) is 19.1 Å². The van der Waals surface area contributed by atoms with Gasteiger partial charge in [0.2, 0.25) is 0 Å². The van der Waals surface area contributed by atoms with Crippen LogP contribution in [0.15, 0.2) is 35.9 Å². The summed E-state index contributed by atoms with van der Waals surface area (Å²) < 4.78 is 16.1. The molecule has 0 saturated carbocycles. The van der Waals surface area contributed by atoms with E-state index in [0.29, 0.717) is 5.56 Å². The summed E-state index contributed by atoms with van der Waals surface area (Å²) in [5.74, 6) is -0.529. The van der Waals surface area contributed by atoms with E-state index in [4.69, 9.17) is 14.2 Å². The SMILES string of the molecule is CC(=O)OC[C@H]1O[C@H](OC(C)C)C=C([C@H](O)c2ccc([N+](=O)[O-])cc2)[C@@H]1O. The van der Waals surface area contributed by atoms with Crippen molar-refractivity contribution in [2.45, 2.75) is 51.5 Å². The first-order chi connectivity index (χ1) is 12.7. The van der Waals surface area contributed by atoms with Gasteiger partial charge in [0.05, 0.1) is 11.0 Å². The molecular formula is C18H23NO8. The van der Waals surface area contributed by atoms with Crippen LogP contribution in [0, 0.1) is 10.1 Å². The second kappa shape index (κ2) is 9.05. The number of rotatable bonds is 7. The average molecular weight is 381 g/mol. The Kier molecular flexibility index (Phi) is 7.03. The lowest BCUT2D eigenvalue weighted by molar-refractivity contribution is -0.384. The molecule has 0 bridgehead atoms. The predicted molar refractivity (Wildman–Crippen MR) is 93.7 cm³/mol. The minimum Gasteiger partial charge on any atom is -0.463 e. The molecule has 2 rings (SSSR count). The molecule has 1 aromatic rings. The highest BCUT2D eigenvalue weighted by atomic mass is 16.7. The van der Waals surface area contributed by atoms with E-state index in [2.05, 4.69) is 0 Å². The zero-order valence-corrected chi connectivity index (χ0v) is 15.3. The van der Waals surface area contributed by atoms with E-state index >= 15 is 0 Å². The van der Waals surface area contributed by atoms with E-state index in [0.717, 1.165) is 0 Å². The smallest absolute Gasteiger partial charge is 0.302 e. The van der Waals surface area contributed by atoms with Gasteiger partial charge < -0.3 is 24.4 Å². The summed E-state index contributed by atoms with van der Waals surface area (Å²) in [6, 6.07) is 5.35. The normalized spacial score (nSPS) is 23.6. The summed E-state index contributed by atoms with van der Waals surface area (Å²) in [6.07, 6.45) is -2.99. The molecule has 0 aliphatic carbocycles. The van der Waals surface area contributed by atoms with Gasteiger partial charge in [0.25, 0.3) is 5.69 Å². The number of benzene rings is 1. The van der Waals surface area contributed by atoms with E-state index < -0.39 is 35.5 Å². The van der Waals surface area contributed by atoms with Gasteiger partial charge >= 0.3 is 5.97 Å². The van der Waals surface area contributed by atoms with Gasteiger partial charge in [-0.2, -0.15) is 0 Å². The largest absolute Gasteiger partial charge is 0.463 e. The molecule has 0 spiro atoms. The van der Waals surface area contributed by atoms with Crippen molar-refractivity contribution >= 4 is 11.7 Å². The fraction of sp³-hybridized carbons (Fsp3) is 0.500. The Bertz CT molecular complexity index is 700. The number of hydrogen-bond donors (Lipinski definition) is 2. The number of nitro groups is 1. The predicted octanol–water partition coefficient (Wildman–Crippen LogP) is 1.63. The zero-order valence-electron chi connectivity index (χ0n) is 15.3. The number of aliphatic hydroxyl groups excluding tert-OH is 2. The Morgan fingerprint density at radius 1 is 1.33 bits per heavy atom. The molecule has 148 valence electrons. The van der Waals surface area contributed by atoms with Gasteiger partial charge in [-0.15, -0.1) is 0 Å².